The third kappa shape index (κ3) is 7.70. The first kappa shape index (κ1) is 14.8. The van der Waals surface area contributed by atoms with E-state index in [2.05, 4.69) is 0 Å². The quantitative estimate of drug-likeness (QED) is 0.281. The van der Waals surface area contributed by atoms with Gasteiger partial charge in [0.2, 0.25) is 0 Å². The molecule has 0 spiro atoms. The highest BCUT2D eigenvalue weighted by atomic mass is 16.3. The molecular weight excluding hydrogens is 194 g/mol. The molecule has 0 bridgehead atoms. The van der Waals surface area contributed by atoms with E-state index in [1.165, 1.54) is 0 Å². The van der Waals surface area contributed by atoms with Crippen molar-refractivity contribution in [2.24, 2.45) is 11.5 Å². The molecule has 1 atom stereocenters. The maximum absolute atomic E-state index is 8.83. The molecule has 0 aliphatic heterocycles. The van der Waals surface area contributed by atoms with Crippen LogP contribution in [0, 0.1) is 0 Å². The van der Waals surface area contributed by atoms with Crippen LogP contribution in [0.1, 0.15) is 25.7 Å². The summed E-state index contributed by atoms with van der Waals surface area (Å²) < 4.78 is 0. The Balaban J connectivity index is 3.65. The van der Waals surface area contributed by atoms with Crippen molar-refractivity contribution in [1.82, 2.24) is 4.90 Å². The van der Waals surface area contributed by atoms with Gasteiger partial charge in [-0.1, -0.05) is 12.8 Å². The van der Waals surface area contributed by atoms with Crippen molar-refractivity contribution in [3.63, 3.8) is 0 Å². The molecule has 0 aromatic heterocycles. The summed E-state index contributed by atoms with van der Waals surface area (Å²) in [5.41, 5.74) is 11.3. The highest BCUT2D eigenvalue weighted by Crippen LogP contribution is 2.05. The van der Waals surface area contributed by atoms with E-state index in [-0.39, 0.29) is 19.4 Å². The lowest BCUT2D eigenvalue weighted by atomic mass is 10.1. The van der Waals surface area contributed by atoms with Gasteiger partial charge in [-0.15, -0.1) is 0 Å². The van der Waals surface area contributed by atoms with Crippen LogP contribution in [0.4, 0.5) is 0 Å². The number of nitrogens with two attached hydrogens (primary N) is 2. The average Bonchev–Trinajstić information content (AvgIpc) is 2.24. The maximum Gasteiger partial charge on any atom is 0.0573 e. The summed E-state index contributed by atoms with van der Waals surface area (Å²) in [4.78, 5) is 1.91. The zero-order chi connectivity index (χ0) is 11.5. The SMILES string of the molecule is NCCCCCC(N)N(CCO)CCO. The molecule has 6 N–H and O–H groups in total. The van der Waals surface area contributed by atoms with Gasteiger partial charge in [-0.25, -0.2) is 0 Å². The third-order valence-electron chi connectivity index (χ3n) is 2.45. The molecule has 5 heteroatoms. The summed E-state index contributed by atoms with van der Waals surface area (Å²) in [6.07, 6.45) is 4.00. The van der Waals surface area contributed by atoms with E-state index < -0.39 is 0 Å². The lowest BCUT2D eigenvalue weighted by Gasteiger charge is -2.27. The summed E-state index contributed by atoms with van der Waals surface area (Å²) in [5, 5.41) is 17.7. The number of nitrogens with zero attached hydrogens (tertiary/aromatic N) is 1. The van der Waals surface area contributed by atoms with E-state index in [0.29, 0.717) is 13.1 Å². The number of rotatable bonds is 10. The molecule has 0 amide bonds. The molecule has 0 rings (SSSR count). The summed E-state index contributed by atoms with van der Waals surface area (Å²) in [6, 6.07) is 0. The van der Waals surface area contributed by atoms with Gasteiger partial charge in [-0.2, -0.15) is 0 Å². The Labute approximate surface area is 92.1 Å². The molecule has 0 aliphatic carbocycles. The van der Waals surface area contributed by atoms with E-state index >= 15 is 0 Å². The molecule has 0 saturated heterocycles. The Hall–Kier alpha value is -0.200. The van der Waals surface area contributed by atoms with Crippen molar-refractivity contribution in [3.8, 4) is 0 Å². The van der Waals surface area contributed by atoms with E-state index in [4.69, 9.17) is 21.7 Å². The first-order chi connectivity index (χ1) is 7.26. The van der Waals surface area contributed by atoms with Crippen molar-refractivity contribution < 1.29 is 10.2 Å². The zero-order valence-electron chi connectivity index (χ0n) is 9.44. The normalized spacial score (nSPS) is 13.4. The number of hydrogen-bond donors (Lipinski definition) is 4. The van der Waals surface area contributed by atoms with Crippen LogP contribution in [0.3, 0.4) is 0 Å². The van der Waals surface area contributed by atoms with Crippen LogP contribution in [0.25, 0.3) is 0 Å². The van der Waals surface area contributed by atoms with Crippen LogP contribution in [0.5, 0.6) is 0 Å². The number of aliphatic hydroxyl groups is 2. The Morgan fingerprint density at radius 1 is 1.00 bits per heavy atom. The maximum atomic E-state index is 8.83. The van der Waals surface area contributed by atoms with Gasteiger partial charge in [0.25, 0.3) is 0 Å². The number of hydrogen-bond acceptors (Lipinski definition) is 5. The van der Waals surface area contributed by atoms with Crippen LogP contribution < -0.4 is 11.5 Å². The fourth-order valence-corrected chi connectivity index (χ4v) is 1.56. The molecule has 0 radical (unpaired) electrons. The lowest BCUT2D eigenvalue weighted by molar-refractivity contribution is 0.118. The van der Waals surface area contributed by atoms with Gasteiger partial charge in [0.15, 0.2) is 0 Å². The molecule has 0 fully saturated rings. The van der Waals surface area contributed by atoms with Crippen molar-refractivity contribution in [2.75, 3.05) is 32.8 Å². The van der Waals surface area contributed by atoms with E-state index in [1.807, 2.05) is 4.90 Å². The van der Waals surface area contributed by atoms with Crippen molar-refractivity contribution >= 4 is 0 Å². The van der Waals surface area contributed by atoms with Crippen LogP contribution in [0.2, 0.25) is 0 Å². The van der Waals surface area contributed by atoms with Crippen molar-refractivity contribution in [1.29, 1.82) is 0 Å². The largest absolute Gasteiger partial charge is 0.395 e. The summed E-state index contributed by atoms with van der Waals surface area (Å²) in [5.74, 6) is 0. The molecule has 0 aliphatic rings. The molecule has 15 heavy (non-hydrogen) atoms. The minimum absolute atomic E-state index is 0.0675. The van der Waals surface area contributed by atoms with E-state index in [1.54, 1.807) is 0 Å². The second kappa shape index (κ2) is 10.3. The topological polar surface area (TPSA) is 95.7 Å². The summed E-state index contributed by atoms with van der Waals surface area (Å²) >= 11 is 0. The molecule has 5 nitrogen and oxygen atoms in total. The van der Waals surface area contributed by atoms with Gasteiger partial charge in [-0.3, -0.25) is 4.90 Å². The van der Waals surface area contributed by atoms with Crippen molar-refractivity contribution in [3.05, 3.63) is 0 Å². The number of unbranched alkanes of at least 4 members (excludes halogenated alkanes) is 2. The summed E-state index contributed by atoms with van der Waals surface area (Å²) in [6.45, 7) is 1.94. The van der Waals surface area contributed by atoms with E-state index in [0.717, 1.165) is 32.2 Å². The minimum Gasteiger partial charge on any atom is -0.395 e. The Bertz CT molecular complexity index is 130. The highest BCUT2D eigenvalue weighted by Gasteiger charge is 2.12. The predicted molar refractivity (Wildman–Crippen MR) is 61.2 cm³/mol. The summed E-state index contributed by atoms with van der Waals surface area (Å²) in [7, 11) is 0. The Morgan fingerprint density at radius 3 is 2.07 bits per heavy atom. The standard InChI is InChI=1S/C10H25N3O2/c11-5-3-1-2-4-10(12)13(6-8-14)7-9-15/h10,14-15H,1-9,11-12H2. The first-order valence-corrected chi connectivity index (χ1v) is 5.67. The lowest BCUT2D eigenvalue weighted by Crippen LogP contribution is -2.44. The monoisotopic (exact) mass is 219 g/mol. The molecular formula is C10H25N3O2. The van der Waals surface area contributed by atoms with Gasteiger partial charge in [0, 0.05) is 13.1 Å². The molecule has 0 aromatic carbocycles. The molecule has 0 heterocycles. The van der Waals surface area contributed by atoms with Crippen LogP contribution in [-0.4, -0.2) is 54.1 Å². The minimum atomic E-state index is -0.0675. The van der Waals surface area contributed by atoms with E-state index in [9.17, 15) is 0 Å². The average molecular weight is 219 g/mol. The van der Waals surface area contributed by atoms with Gasteiger partial charge >= 0.3 is 0 Å². The smallest absolute Gasteiger partial charge is 0.0573 e. The molecule has 1 unspecified atom stereocenters. The van der Waals surface area contributed by atoms with Gasteiger partial charge in [0.1, 0.15) is 0 Å². The first-order valence-electron chi connectivity index (χ1n) is 5.67. The molecule has 0 aromatic rings. The zero-order valence-corrected chi connectivity index (χ0v) is 9.44. The number of aliphatic hydroxyl groups excluding tert-OH is 2. The Kier molecular flexibility index (Phi) is 10.2. The molecule has 92 valence electrons. The van der Waals surface area contributed by atoms with Crippen LogP contribution in [0.15, 0.2) is 0 Å². The fourth-order valence-electron chi connectivity index (χ4n) is 1.56. The fraction of sp³-hybridized carbons (Fsp3) is 1.00. The van der Waals surface area contributed by atoms with Crippen LogP contribution >= 0.6 is 0 Å². The highest BCUT2D eigenvalue weighted by molar-refractivity contribution is 4.65. The third-order valence-corrected chi connectivity index (χ3v) is 2.45. The van der Waals surface area contributed by atoms with Gasteiger partial charge in [0.05, 0.1) is 19.4 Å². The van der Waals surface area contributed by atoms with Gasteiger partial charge < -0.3 is 21.7 Å². The second-order valence-electron chi connectivity index (χ2n) is 3.69. The second-order valence-corrected chi connectivity index (χ2v) is 3.69. The Morgan fingerprint density at radius 2 is 1.60 bits per heavy atom. The molecule has 0 saturated carbocycles. The van der Waals surface area contributed by atoms with Crippen LogP contribution in [-0.2, 0) is 0 Å². The van der Waals surface area contributed by atoms with Gasteiger partial charge in [-0.05, 0) is 19.4 Å². The predicted octanol–water partition coefficient (Wildman–Crippen LogP) is -0.923. The van der Waals surface area contributed by atoms with Crippen molar-refractivity contribution in [2.45, 2.75) is 31.8 Å².